The molecule has 2 heterocycles. The Hall–Kier alpha value is -3.64. The van der Waals surface area contributed by atoms with E-state index in [1.807, 2.05) is 54.6 Å². The van der Waals surface area contributed by atoms with Gasteiger partial charge in [-0.3, -0.25) is 4.79 Å². The van der Waals surface area contributed by atoms with Crippen molar-refractivity contribution in [1.82, 2.24) is 15.0 Å². The highest BCUT2D eigenvalue weighted by Crippen LogP contribution is 2.30. The smallest absolute Gasteiger partial charge is 0.267 e. The van der Waals surface area contributed by atoms with Crippen molar-refractivity contribution in [1.29, 1.82) is 0 Å². The second-order valence-corrected chi connectivity index (χ2v) is 6.05. The second-order valence-electron chi connectivity index (χ2n) is 6.05. The van der Waals surface area contributed by atoms with Crippen molar-refractivity contribution in [3.8, 4) is 22.5 Å². The maximum atomic E-state index is 11.4. The van der Waals surface area contributed by atoms with Gasteiger partial charge in [-0.25, -0.2) is 15.0 Å². The van der Waals surface area contributed by atoms with Crippen LogP contribution in [0, 0.1) is 0 Å². The van der Waals surface area contributed by atoms with E-state index in [1.54, 1.807) is 12.1 Å². The van der Waals surface area contributed by atoms with Crippen molar-refractivity contribution >= 4 is 17.1 Å². The Morgan fingerprint density at radius 2 is 1.48 bits per heavy atom. The lowest BCUT2D eigenvalue weighted by atomic mass is 10.0. The minimum absolute atomic E-state index is 0.0290. The maximum absolute atomic E-state index is 11.4. The third-order valence-electron chi connectivity index (χ3n) is 4.24. The van der Waals surface area contributed by atoms with E-state index in [1.165, 1.54) is 0 Å². The van der Waals surface area contributed by atoms with Crippen LogP contribution in [0.15, 0.2) is 66.7 Å². The fraction of sp³-hybridized carbons (Fsp3) is 0.0476. The topological polar surface area (TPSA) is 102 Å². The molecule has 0 aliphatic rings. The zero-order valence-electron chi connectivity index (χ0n) is 14.3. The molecule has 0 aliphatic heterocycles. The van der Waals surface area contributed by atoms with Crippen LogP contribution in [-0.2, 0) is 6.61 Å². The van der Waals surface area contributed by atoms with Gasteiger partial charge in [0.05, 0.1) is 18.0 Å². The molecule has 0 unspecified atom stereocenters. The number of rotatable bonds is 4. The number of carbonyl (C=O) groups is 1. The zero-order valence-corrected chi connectivity index (χ0v) is 14.3. The van der Waals surface area contributed by atoms with Crippen LogP contribution in [0.25, 0.3) is 33.7 Å². The van der Waals surface area contributed by atoms with Crippen LogP contribution < -0.4 is 5.73 Å². The predicted octanol–water partition coefficient (Wildman–Crippen LogP) is 2.95. The Morgan fingerprint density at radius 1 is 0.815 bits per heavy atom. The lowest BCUT2D eigenvalue weighted by molar-refractivity contribution is 0.0996. The number of amides is 1. The third-order valence-corrected chi connectivity index (χ3v) is 4.24. The summed E-state index contributed by atoms with van der Waals surface area (Å²) in [6.07, 6.45) is 0. The molecule has 0 atom stereocenters. The Balaban J connectivity index is 1.97. The zero-order chi connectivity index (χ0) is 18.8. The van der Waals surface area contributed by atoms with Crippen molar-refractivity contribution in [2.24, 2.45) is 5.73 Å². The summed E-state index contributed by atoms with van der Waals surface area (Å²) >= 11 is 0. The molecule has 0 saturated carbocycles. The van der Waals surface area contributed by atoms with Gasteiger partial charge in [0.15, 0.2) is 5.65 Å². The lowest BCUT2D eigenvalue weighted by Gasteiger charge is -2.11. The molecule has 1 amide bonds. The molecule has 0 fully saturated rings. The molecule has 6 nitrogen and oxygen atoms in total. The summed E-state index contributed by atoms with van der Waals surface area (Å²) in [6, 6.07) is 20.4. The summed E-state index contributed by atoms with van der Waals surface area (Å²) in [7, 11) is 0. The molecule has 2 aromatic heterocycles. The van der Waals surface area contributed by atoms with Gasteiger partial charge < -0.3 is 10.8 Å². The SMILES string of the molecule is NC(=O)c1ccc2nc(-c3ccccc3)c(-c3ccc(CO)cc3)nc2n1. The largest absolute Gasteiger partial charge is 0.392 e. The van der Waals surface area contributed by atoms with Crippen molar-refractivity contribution < 1.29 is 9.90 Å². The van der Waals surface area contributed by atoms with Crippen LogP contribution in [0.2, 0.25) is 0 Å². The van der Waals surface area contributed by atoms with E-state index in [9.17, 15) is 9.90 Å². The fourth-order valence-electron chi connectivity index (χ4n) is 2.85. The van der Waals surface area contributed by atoms with E-state index >= 15 is 0 Å². The predicted molar refractivity (Wildman–Crippen MR) is 103 cm³/mol. The number of nitrogens with two attached hydrogens (primary N) is 1. The van der Waals surface area contributed by atoms with Gasteiger partial charge in [0.25, 0.3) is 5.91 Å². The number of nitrogens with zero attached hydrogens (tertiary/aromatic N) is 3. The number of fused-ring (bicyclic) bond motifs is 1. The van der Waals surface area contributed by atoms with Gasteiger partial charge in [-0.1, -0.05) is 54.6 Å². The lowest BCUT2D eigenvalue weighted by Crippen LogP contribution is -2.13. The Labute approximate surface area is 155 Å². The minimum atomic E-state index is -0.611. The van der Waals surface area contributed by atoms with Crippen molar-refractivity contribution in [3.63, 3.8) is 0 Å². The molecule has 0 bridgehead atoms. The molecule has 4 aromatic rings. The van der Waals surface area contributed by atoms with Crippen LogP contribution in [0.4, 0.5) is 0 Å². The fourth-order valence-corrected chi connectivity index (χ4v) is 2.85. The Bertz CT molecular complexity index is 1130. The molecule has 0 spiro atoms. The molecule has 0 saturated heterocycles. The van der Waals surface area contributed by atoms with E-state index in [-0.39, 0.29) is 12.3 Å². The van der Waals surface area contributed by atoms with Crippen LogP contribution >= 0.6 is 0 Å². The molecule has 6 heteroatoms. The maximum Gasteiger partial charge on any atom is 0.267 e. The van der Waals surface area contributed by atoms with Gasteiger partial charge in [0.2, 0.25) is 0 Å². The summed E-state index contributed by atoms with van der Waals surface area (Å²) in [6.45, 7) is -0.0290. The van der Waals surface area contributed by atoms with Gasteiger partial charge in [-0.05, 0) is 17.7 Å². The average Bonchev–Trinajstić information content (AvgIpc) is 2.73. The Kier molecular flexibility index (Phi) is 4.32. The van der Waals surface area contributed by atoms with E-state index in [0.717, 1.165) is 16.7 Å². The van der Waals surface area contributed by atoms with E-state index in [2.05, 4.69) is 9.97 Å². The first-order chi connectivity index (χ1) is 13.2. The molecule has 132 valence electrons. The van der Waals surface area contributed by atoms with Gasteiger partial charge in [0.1, 0.15) is 11.2 Å². The second kappa shape index (κ2) is 6.93. The van der Waals surface area contributed by atoms with Gasteiger partial charge in [-0.15, -0.1) is 0 Å². The quantitative estimate of drug-likeness (QED) is 0.585. The summed E-state index contributed by atoms with van der Waals surface area (Å²) in [5.74, 6) is -0.611. The number of pyridine rings is 1. The van der Waals surface area contributed by atoms with Crippen molar-refractivity contribution in [2.45, 2.75) is 6.61 Å². The van der Waals surface area contributed by atoms with Crippen LogP contribution in [-0.4, -0.2) is 26.0 Å². The molecule has 4 rings (SSSR count). The number of hydrogen-bond donors (Lipinski definition) is 2. The summed E-state index contributed by atoms with van der Waals surface area (Å²) in [5.41, 5.74) is 10.3. The molecule has 2 aromatic carbocycles. The molecule has 0 radical (unpaired) electrons. The number of aliphatic hydroxyl groups excluding tert-OH is 1. The first kappa shape index (κ1) is 16.8. The summed E-state index contributed by atoms with van der Waals surface area (Å²) in [4.78, 5) is 25.1. The van der Waals surface area contributed by atoms with E-state index in [0.29, 0.717) is 22.6 Å². The standard InChI is InChI=1S/C21H16N4O2/c22-20(27)16-10-11-17-21(24-16)25-19(15-8-6-13(12-26)7-9-15)18(23-17)14-4-2-1-3-5-14/h1-11,26H,12H2,(H2,22,27). The highest BCUT2D eigenvalue weighted by atomic mass is 16.3. The number of hydrogen-bond acceptors (Lipinski definition) is 5. The Morgan fingerprint density at radius 3 is 2.15 bits per heavy atom. The molecule has 3 N–H and O–H groups in total. The first-order valence-electron chi connectivity index (χ1n) is 8.40. The average molecular weight is 356 g/mol. The van der Waals surface area contributed by atoms with E-state index < -0.39 is 5.91 Å². The number of aliphatic hydroxyl groups is 1. The number of carbonyl (C=O) groups excluding carboxylic acids is 1. The van der Waals surface area contributed by atoms with E-state index in [4.69, 9.17) is 10.7 Å². The highest BCUT2D eigenvalue weighted by molar-refractivity contribution is 5.93. The monoisotopic (exact) mass is 356 g/mol. The summed E-state index contributed by atoms with van der Waals surface area (Å²) in [5, 5.41) is 9.27. The first-order valence-corrected chi connectivity index (χ1v) is 8.40. The number of aromatic nitrogens is 3. The van der Waals surface area contributed by atoms with Crippen LogP contribution in [0.3, 0.4) is 0 Å². The molecular formula is C21H16N4O2. The number of benzene rings is 2. The summed E-state index contributed by atoms with van der Waals surface area (Å²) < 4.78 is 0. The van der Waals surface area contributed by atoms with Gasteiger partial charge in [0, 0.05) is 11.1 Å². The molecule has 0 aliphatic carbocycles. The highest BCUT2D eigenvalue weighted by Gasteiger charge is 2.15. The van der Waals surface area contributed by atoms with Crippen molar-refractivity contribution in [3.05, 3.63) is 78.0 Å². The van der Waals surface area contributed by atoms with Crippen LogP contribution in [0.5, 0.6) is 0 Å². The number of primary amides is 1. The molecule has 27 heavy (non-hydrogen) atoms. The normalized spacial score (nSPS) is 10.9. The van der Waals surface area contributed by atoms with Gasteiger partial charge >= 0.3 is 0 Å². The molecular weight excluding hydrogens is 340 g/mol. The van der Waals surface area contributed by atoms with Crippen LogP contribution in [0.1, 0.15) is 16.1 Å². The minimum Gasteiger partial charge on any atom is -0.392 e. The third kappa shape index (κ3) is 3.26. The van der Waals surface area contributed by atoms with Gasteiger partial charge in [-0.2, -0.15) is 0 Å². The van der Waals surface area contributed by atoms with Crippen molar-refractivity contribution in [2.75, 3.05) is 0 Å².